The molecular formula is C14H21N3OS. The van der Waals surface area contributed by atoms with E-state index < -0.39 is 0 Å². The highest BCUT2D eigenvalue weighted by Crippen LogP contribution is 2.23. The average Bonchev–Trinajstić information content (AvgIpc) is 2.39. The Morgan fingerprint density at radius 1 is 1.47 bits per heavy atom. The van der Waals surface area contributed by atoms with Crippen LogP contribution in [0.1, 0.15) is 24.1 Å². The van der Waals surface area contributed by atoms with Crippen LogP contribution < -0.4 is 10.6 Å². The monoisotopic (exact) mass is 279 g/mol. The maximum absolute atomic E-state index is 5.71. The van der Waals surface area contributed by atoms with Gasteiger partial charge in [-0.15, -0.1) is 0 Å². The van der Waals surface area contributed by atoms with E-state index in [2.05, 4.69) is 9.88 Å². The van der Waals surface area contributed by atoms with Gasteiger partial charge in [0.25, 0.3) is 0 Å². The lowest BCUT2D eigenvalue weighted by molar-refractivity contribution is 0.139. The van der Waals surface area contributed by atoms with Crippen LogP contribution in [-0.2, 0) is 4.74 Å². The fourth-order valence-corrected chi connectivity index (χ4v) is 2.64. The van der Waals surface area contributed by atoms with Gasteiger partial charge in [-0.2, -0.15) is 0 Å². The van der Waals surface area contributed by atoms with Gasteiger partial charge in [-0.1, -0.05) is 12.2 Å². The van der Waals surface area contributed by atoms with E-state index in [1.54, 1.807) is 7.11 Å². The van der Waals surface area contributed by atoms with Gasteiger partial charge < -0.3 is 15.4 Å². The summed E-state index contributed by atoms with van der Waals surface area (Å²) in [4.78, 5) is 7.33. The first-order chi connectivity index (χ1) is 9.10. The summed E-state index contributed by atoms with van der Waals surface area (Å²) in [6.45, 7) is 4.86. The number of anilines is 1. The zero-order chi connectivity index (χ0) is 13.8. The Balaban J connectivity index is 2.09. The number of methoxy groups -OCH3 is 1. The summed E-state index contributed by atoms with van der Waals surface area (Å²) in [5.74, 6) is 1.65. The Morgan fingerprint density at radius 2 is 2.16 bits per heavy atom. The number of aryl methyl sites for hydroxylation is 1. The SMILES string of the molecule is COCC1CCN(c2cc(C(N)=S)cc(C)n2)CC1. The van der Waals surface area contributed by atoms with Gasteiger partial charge in [-0.05, 0) is 37.8 Å². The van der Waals surface area contributed by atoms with Crippen LogP contribution in [0.5, 0.6) is 0 Å². The van der Waals surface area contributed by atoms with Crippen molar-refractivity contribution in [3.05, 3.63) is 23.4 Å². The summed E-state index contributed by atoms with van der Waals surface area (Å²) >= 11 is 5.05. The number of rotatable bonds is 4. The van der Waals surface area contributed by atoms with Gasteiger partial charge in [0, 0.05) is 38.1 Å². The Bertz CT molecular complexity index is 456. The number of ether oxygens (including phenoxy) is 1. The molecular weight excluding hydrogens is 258 g/mol. The minimum absolute atomic E-state index is 0.431. The highest BCUT2D eigenvalue weighted by Gasteiger charge is 2.20. The van der Waals surface area contributed by atoms with E-state index in [1.165, 1.54) is 0 Å². The molecule has 0 aromatic carbocycles. The van der Waals surface area contributed by atoms with Crippen LogP contribution in [0, 0.1) is 12.8 Å². The molecule has 2 heterocycles. The number of piperidine rings is 1. The molecule has 19 heavy (non-hydrogen) atoms. The van der Waals surface area contributed by atoms with Gasteiger partial charge in [0.05, 0.1) is 0 Å². The van der Waals surface area contributed by atoms with E-state index in [-0.39, 0.29) is 0 Å². The predicted molar refractivity (Wildman–Crippen MR) is 81.7 cm³/mol. The van der Waals surface area contributed by atoms with Crippen molar-refractivity contribution < 1.29 is 4.74 Å². The predicted octanol–water partition coefficient (Wildman–Crippen LogP) is 1.89. The molecule has 0 unspecified atom stereocenters. The van der Waals surface area contributed by atoms with Crippen LogP contribution in [0.4, 0.5) is 5.82 Å². The second kappa shape index (κ2) is 6.30. The van der Waals surface area contributed by atoms with E-state index in [4.69, 9.17) is 22.7 Å². The molecule has 1 aromatic rings. The third kappa shape index (κ3) is 3.64. The first kappa shape index (κ1) is 14.2. The van der Waals surface area contributed by atoms with Crippen LogP contribution in [-0.4, -0.2) is 36.8 Å². The molecule has 5 heteroatoms. The number of nitrogens with zero attached hydrogens (tertiary/aromatic N) is 2. The summed E-state index contributed by atoms with van der Waals surface area (Å²) in [7, 11) is 1.77. The summed E-state index contributed by atoms with van der Waals surface area (Å²) in [6, 6.07) is 3.93. The van der Waals surface area contributed by atoms with Gasteiger partial charge in [-0.3, -0.25) is 0 Å². The molecule has 0 atom stereocenters. The highest BCUT2D eigenvalue weighted by molar-refractivity contribution is 7.80. The molecule has 1 fully saturated rings. The molecule has 0 aliphatic carbocycles. The smallest absolute Gasteiger partial charge is 0.129 e. The number of thiocarbonyl (C=S) groups is 1. The highest BCUT2D eigenvalue weighted by atomic mass is 32.1. The molecule has 1 saturated heterocycles. The summed E-state index contributed by atoms with van der Waals surface area (Å²) in [5, 5.41) is 0. The van der Waals surface area contributed by atoms with E-state index in [0.717, 1.165) is 49.6 Å². The van der Waals surface area contributed by atoms with E-state index >= 15 is 0 Å². The van der Waals surface area contributed by atoms with Gasteiger partial charge >= 0.3 is 0 Å². The fraction of sp³-hybridized carbons (Fsp3) is 0.571. The quantitative estimate of drug-likeness (QED) is 0.853. The molecule has 104 valence electrons. The van der Waals surface area contributed by atoms with Gasteiger partial charge in [0.15, 0.2) is 0 Å². The molecule has 0 amide bonds. The lowest BCUT2D eigenvalue weighted by Crippen LogP contribution is -2.35. The minimum atomic E-state index is 0.431. The van der Waals surface area contributed by atoms with Crippen molar-refractivity contribution in [3.63, 3.8) is 0 Å². The Hall–Kier alpha value is -1.20. The zero-order valence-electron chi connectivity index (χ0n) is 11.6. The Kier molecular flexibility index (Phi) is 4.71. The molecule has 0 spiro atoms. The van der Waals surface area contributed by atoms with Crippen molar-refractivity contribution in [1.82, 2.24) is 4.98 Å². The second-order valence-electron chi connectivity index (χ2n) is 5.11. The second-order valence-corrected chi connectivity index (χ2v) is 5.55. The topological polar surface area (TPSA) is 51.4 Å². The zero-order valence-corrected chi connectivity index (χ0v) is 12.4. The van der Waals surface area contributed by atoms with Gasteiger partial charge in [0.1, 0.15) is 10.8 Å². The van der Waals surface area contributed by atoms with Crippen molar-refractivity contribution in [2.24, 2.45) is 11.7 Å². The standard InChI is InChI=1S/C14H21N3OS/c1-10-7-12(14(15)19)8-13(16-10)17-5-3-11(4-6-17)9-18-2/h7-8,11H,3-6,9H2,1-2H3,(H2,15,19). The molecule has 2 N–H and O–H groups in total. The normalized spacial score (nSPS) is 16.6. The maximum Gasteiger partial charge on any atom is 0.129 e. The lowest BCUT2D eigenvalue weighted by Gasteiger charge is -2.32. The number of nitrogens with two attached hydrogens (primary N) is 1. The van der Waals surface area contributed by atoms with Crippen molar-refractivity contribution >= 4 is 23.0 Å². The van der Waals surface area contributed by atoms with Crippen LogP contribution in [0.3, 0.4) is 0 Å². The maximum atomic E-state index is 5.71. The molecule has 4 nitrogen and oxygen atoms in total. The number of hydrogen-bond donors (Lipinski definition) is 1. The molecule has 1 aliphatic heterocycles. The molecule has 0 saturated carbocycles. The summed E-state index contributed by atoms with van der Waals surface area (Å²) < 4.78 is 5.22. The largest absolute Gasteiger partial charge is 0.389 e. The average molecular weight is 279 g/mol. The van der Waals surface area contributed by atoms with Crippen LogP contribution >= 0.6 is 12.2 Å². The van der Waals surface area contributed by atoms with Crippen molar-refractivity contribution in [3.8, 4) is 0 Å². The molecule has 2 rings (SSSR count). The third-order valence-electron chi connectivity index (χ3n) is 3.57. The number of pyridine rings is 1. The third-order valence-corrected chi connectivity index (χ3v) is 3.80. The molecule has 0 radical (unpaired) electrons. The van der Waals surface area contributed by atoms with Crippen LogP contribution in [0.15, 0.2) is 12.1 Å². The first-order valence-electron chi connectivity index (χ1n) is 6.62. The van der Waals surface area contributed by atoms with Crippen LogP contribution in [0.25, 0.3) is 0 Å². The number of aromatic nitrogens is 1. The fourth-order valence-electron chi connectivity index (χ4n) is 2.52. The summed E-state index contributed by atoms with van der Waals surface area (Å²) in [5.41, 5.74) is 7.57. The number of hydrogen-bond acceptors (Lipinski definition) is 4. The van der Waals surface area contributed by atoms with Crippen molar-refractivity contribution in [2.45, 2.75) is 19.8 Å². The first-order valence-corrected chi connectivity index (χ1v) is 7.03. The molecule has 1 aliphatic rings. The summed E-state index contributed by atoms with van der Waals surface area (Å²) in [6.07, 6.45) is 2.29. The Morgan fingerprint density at radius 3 is 2.74 bits per heavy atom. The van der Waals surface area contributed by atoms with E-state index in [1.807, 2.05) is 19.1 Å². The minimum Gasteiger partial charge on any atom is -0.389 e. The van der Waals surface area contributed by atoms with Gasteiger partial charge in [-0.25, -0.2) is 4.98 Å². The lowest BCUT2D eigenvalue weighted by atomic mass is 9.98. The van der Waals surface area contributed by atoms with Crippen molar-refractivity contribution in [1.29, 1.82) is 0 Å². The van der Waals surface area contributed by atoms with Crippen LogP contribution in [0.2, 0.25) is 0 Å². The Labute approximate surface area is 120 Å². The van der Waals surface area contributed by atoms with Gasteiger partial charge in [0.2, 0.25) is 0 Å². The van der Waals surface area contributed by atoms with E-state index in [0.29, 0.717) is 10.9 Å². The molecule has 0 bridgehead atoms. The van der Waals surface area contributed by atoms with E-state index in [9.17, 15) is 0 Å². The molecule has 1 aromatic heterocycles. The van der Waals surface area contributed by atoms with Crippen molar-refractivity contribution in [2.75, 3.05) is 31.7 Å².